The summed E-state index contributed by atoms with van der Waals surface area (Å²) in [5.74, 6) is 1.41. The molecule has 148 valence electrons. The van der Waals surface area contributed by atoms with Crippen molar-refractivity contribution >= 4 is 33.4 Å². The Labute approximate surface area is 172 Å². The van der Waals surface area contributed by atoms with E-state index >= 15 is 0 Å². The zero-order valence-corrected chi connectivity index (χ0v) is 17.0. The van der Waals surface area contributed by atoms with E-state index in [2.05, 4.69) is 15.2 Å². The van der Waals surface area contributed by atoms with Gasteiger partial charge in [-0.05, 0) is 61.1 Å². The summed E-state index contributed by atoms with van der Waals surface area (Å²) in [5.41, 5.74) is 3.21. The van der Waals surface area contributed by atoms with Crippen LogP contribution in [0.4, 0.5) is 0 Å². The van der Waals surface area contributed by atoms with Crippen molar-refractivity contribution in [2.75, 3.05) is 7.11 Å². The number of benzene rings is 1. The van der Waals surface area contributed by atoms with Crippen molar-refractivity contribution in [1.82, 2.24) is 19.6 Å². The number of fused-ring (bicyclic) bond motifs is 5. The maximum atomic E-state index is 5.42. The average Bonchev–Trinajstić information content (AvgIpc) is 3.24. The quantitative estimate of drug-likeness (QED) is 0.282. The molecule has 1 aliphatic carbocycles. The van der Waals surface area contributed by atoms with Gasteiger partial charge in [0.1, 0.15) is 16.9 Å². The lowest BCUT2D eigenvalue weighted by molar-refractivity contribution is 0.126. The lowest BCUT2D eigenvalue weighted by Crippen LogP contribution is -1.93. The third-order valence-electron chi connectivity index (χ3n) is 5.17. The zero-order chi connectivity index (χ0) is 19.6. The second kappa shape index (κ2) is 7.79. The highest BCUT2D eigenvalue weighted by molar-refractivity contribution is 7.19. The largest absolute Gasteiger partial charge is 0.497 e. The summed E-state index contributed by atoms with van der Waals surface area (Å²) >= 11 is 1.80. The summed E-state index contributed by atoms with van der Waals surface area (Å²) in [5, 5.41) is 9.71. The SMILES string of the molecule is COc1ccc(/C=N\OCc2nc3c4c5c(sc4ncn3n2)CCCCC5)cc1. The van der Waals surface area contributed by atoms with E-state index in [4.69, 9.17) is 14.6 Å². The van der Waals surface area contributed by atoms with Gasteiger partial charge in [0, 0.05) is 4.88 Å². The second-order valence-electron chi connectivity index (χ2n) is 7.07. The summed E-state index contributed by atoms with van der Waals surface area (Å²) < 4.78 is 6.90. The number of methoxy groups -OCH3 is 1. The van der Waals surface area contributed by atoms with Crippen molar-refractivity contribution < 1.29 is 9.57 Å². The normalized spacial score (nSPS) is 14.4. The lowest BCUT2D eigenvalue weighted by atomic mass is 10.1. The molecule has 0 N–H and O–H groups in total. The van der Waals surface area contributed by atoms with Crippen molar-refractivity contribution in [1.29, 1.82) is 0 Å². The van der Waals surface area contributed by atoms with E-state index in [1.807, 2.05) is 24.3 Å². The lowest BCUT2D eigenvalue weighted by Gasteiger charge is -1.99. The standard InChI is InChI=1S/C21H21N5O2S/c1-27-15-9-7-14(8-10-15)11-23-28-12-18-24-20-19-16-5-3-2-4-6-17(16)29-21(19)22-13-26(20)25-18/h7-11,13H,2-6,12H2,1H3/b23-11-. The monoisotopic (exact) mass is 407 g/mol. The van der Waals surface area contributed by atoms with Crippen LogP contribution in [0, 0.1) is 0 Å². The summed E-state index contributed by atoms with van der Waals surface area (Å²) in [6, 6.07) is 7.60. The topological polar surface area (TPSA) is 73.9 Å². The Bertz CT molecular complexity index is 1180. The van der Waals surface area contributed by atoms with E-state index in [0.717, 1.165) is 40.0 Å². The van der Waals surface area contributed by atoms with Gasteiger partial charge in [0.15, 0.2) is 18.1 Å². The molecule has 0 bridgehead atoms. The van der Waals surface area contributed by atoms with Crippen LogP contribution in [0.1, 0.15) is 41.1 Å². The predicted octanol–water partition coefficient (Wildman–Crippen LogP) is 4.17. The summed E-state index contributed by atoms with van der Waals surface area (Å²) in [6.45, 7) is 0.210. The molecule has 5 rings (SSSR count). The minimum absolute atomic E-state index is 0.210. The number of oxime groups is 1. The zero-order valence-electron chi connectivity index (χ0n) is 16.2. The number of hydrogen-bond donors (Lipinski definition) is 0. The Morgan fingerprint density at radius 2 is 2.03 bits per heavy atom. The molecule has 0 atom stereocenters. The fourth-order valence-electron chi connectivity index (χ4n) is 3.72. The minimum Gasteiger partial charge on any atom is -0.497 e. The molecule has 29 heavy (non-hydrogen) atoms. The van der Waals surface area contributed by atoms with Gasteiger partial charge < -0.3 is 9.57 Å². The van der Waals surface area contributed by atoms with Gasteiger partial charge in [-0.2, -0.15) is 0 Å². The molecule has 4 aromatic rings. The molecule has 3 aromatic heterocycles. The first kappa shape index (κ1) is 18.1. The molecule has 0 amide bonds. The van der Waals surface area contributed by atoms with Crippen molar-refractivity contribution in [3.05, 3.63) is 52.4 Å². The fraction of sp³-hybridized carbons (Fsp3) is 0.333. The summed E-state index contributed by atoms with van der Waals surface area (Å²) in [4.78, 5) is 17.3. The second-order valence-corrected chi connectivity index (χ2v) is 8.15. The van der Waals surface area contributed by atoms with Crippen LogP contribution in [-0.2, 0) is 24.3 Å². The number of aromatic nitrogens is 4. The van der Waals surface area contributed by atoms with Crippen LogP contribution < -0.4 is 4.74 Å². The Hall–Kier alpha value is -3.00. The maximum absolute atomic E-state index is 5.42. The van der Waals surface area contributed by atoms with E-state index in [0.29, 0.717) is 5.82 Å². The van der Waals surface area contributed by atoms with E-state index in [9.17, 15) is 0 Å². The highest BCUT2D eigenvalue weighted by atomic mass is 32.1. The van der Waals surface area contributed by atoms with E-state index in [1.165, 1.54) is 29.7 Å². The van der Waals surface area contributed by atoms with Crippen molar-refractivity contribution in [2.45, 2.75) is 38.7 Å². The molecule has 7 nitrogen and oxygen atoms in total. The van der Waals surface area contributed by atoms with E-state index < -0.39 is 0 Å². The molecule has 0 unspecified atom stereocenters. The molecule has 8 heteroatoms. The first-order valence-electron chi connectivity index (χ1n) is 9.76. The van der Waals surface area contributed by atoms with Gasteiger partial charge in [-0.15, -0.1) is 16.4 Å². The minimum atomic E-state index is 0.210. The Morgan fingerprint density at radius 3 is 2.90 bits per heavy atom. The molecular formula is C21H21N5O2S. The summed E-state index contributed by atoms with van der Waals surface area (Å²) in [7, 11) is 1.64. The van der Waals surface area contributed by atoms with E-state index in [1.54, 1.807) is 35.5 Å². The molecule has 1 aliphatic rings. The van der Waals surface area contributed by atoms with Crippen LogP contribution in [0.15, 0.2) is 35.7 Å². The molecule has 3 heterocycles. The van der Waals surface area contributed by atoms with Crippen molar-refractivity contribution in [2.24, 2.45) is 5.16 Å². The van der Waals surface area contributed by atoms with Gasteiger partial charge in [-0.25, -0.2) is 14.5 Å². The number of rotatable bonds is 5. The Balaban J connectivity index is 1.36. The molecule has 0 spiro atoms. The van der Waals surface area contributed by atoms with Crippen LogP contribution in [0.3, 0.4) is 0 Å². The van der Waals surface area contributed by atoms with Crippen molar-refractivity contribution in [3.8, 4) is 5.75 Å². The maximum Gasteiger partial charge on any atom is 0.192 e. The molecule has 0 saturated heterocycles. The molecule has 0 saturated carbocycles. The van der Waals surface area contributed by atoms with Gasteiger partial charge in [0.25, 0.3) is 0 Å². The predicted molar refractivity (Wildman–Crippen MR) is 113 cm³/mol. The Kier molecular flexibility index (Phi) is 4.85. The summed E-state index contributed by atoms with van der Waals surface area (Å²) in [6.07, 6.45) is 9.42. The number of hydrogen-bond acceptors (Lipinski definition) is 7. The third kappa shape index (κ3) is 3.55. The number of nitrogens with zero attached hydrogens (tertiary/aromatic N) is 5. The fourth-order valence-corrected chi connectivity index (χ4v) is 4.94. The number of thiophene rings is 1. The van der Waals surface area contributed by atoms with Gasteiger partial charge in [0.05, 0.1) is 18.7 Å². The first-order valence-corrected chi connectivity index (χ1v) is 10.6. The molecule has 1 aromatic carbocycles. The Morgan fingerprint density at radius 1 is 1.17 bits per heavy atom. The smallest absolute Gasteiger partial charge is 0.192 e. The average molecular weight is 407 g/mol. The highest BCUT2D eigenvalue weighted by Gasteiger charge is 2.19. The van der Waals surface area contributed by atoms with Crippen LogP contribution in [0.2, 0.25) is 0 Å². The van der Waals surface area contributed by atoms with Crippen LogP contribution in [-0.4, -0.2) is 32.9 Å². The molecule has 0 radical (unpaired) electrons. The van der Waals surface area contributed by atoms with Crippen LogP contribution >= 0.6 is 11.3 Å². The third-order valence-corrected chi connectivity index (χ3v) is 6.37. The van der Waals surface area contributed by atoms with Crippen LogP contribution in [0.25, 0.3) is 15.9 Å². The van der Waals surface area contributed by atoms with Crippen molar-refractivity contribution in [3.63, 3.8) is 0 Å². The van der Waals surface area contributed by atoms with Gasteiger partial charge in [-0.3, -0.25) is 0 Å². The van der Waals surface area contributed by atoms with Gasteiger partial charge >= 0.3 is 0 Å². The molecular weight excluding hydrogens is 386 g/mol. The number of ether oxygens (including phenoxy) is 1. The molecule has 0 fully saturated rings. The van der Waals surface area contributed by atoms with Gasteiger partial charge in [-0.1, -0.05) is 11.6 Å². The van der Waals surface area contributed by atoms with E-state index in [-0.39, 0.29) is 6.61 Å². The first-order chi connectivity index (χ1) is 14.3. The highest BCUT2D eigenvalue weighted by Crippen LogP contribution is 2.36. The van der Waals surface area contributed by atoms with Gasteiger partial charge in [0.2, 0.25) is 0 Å². The van der Waals surface area contributed by atoms with Crippen LogP contribution in [0.5, 0.6) is 5.75 Å². The molecule has 0 aliphatic heterocycles. The number of aryl methyl sites for hydroxylation is 2.